The zero-order valence-electron chi connectivity index (χ0n) is 27.1. The summed E-state index contributed by atoms with van der Waals surface area (Å²) in [6.07, 6.45) is 8.91. The Morgan fingerprint density at radius 2 is 0.940 bits per heavy atom. The second-order valence-corrected chi connectivity index (χ2v) is 12.8. The Bertz CT molecular complexity index is 1710. The zero-order chi connectivity index (χ0) is 35.6. The summed E-state index contributed by atoms with van der Waals surface area (Å²) < 4.78 is 12.2. The first kappa shape index (κ1) is 37.9. The van der Waals surface area contributed by atoms with Crippen LogP contribution in [0.4, 0.5) is 0 Å². The standard InChI is InChI=1S/C38H36Br2N4O6/c39-33-19-9-7-17-31(33)37(47)49-29-15-11-13-27(23-29)25-41-43-35(45)21-5-3-1-2-4-6-22-36(46)44-42-26-28-14-12-16-30(24-28)50-38(48)32-18-8-10-20-34(32)40/h7-20,23-26H,1-6,21-22H2,(H,43,45)(H,44,46). The molecule has 12 heteroatoms. The van der Waals surface area contributed by atoms with E-state index in [1.807, 2.05) is 12.1 Å². The van der Waals surface area contributed by atoms with E-state index >= 15 is 0 Å². The van der Waals surface area contributed by atoms with Crippen LogP contribution in [0.1, 0.15) is 83.2 Å². The fraction of sp³-hybridized carbons (Fsp3) is 0.211. The Balaban J connectivity index is 1.03. The molecule has 0 unspecified atom stereocenters. The molecule has 0 radical (unpaired) electrons. The summed E-state index contributed by atoms with van der Waals surface area (Å²) in [5.41, 5.74) is 7.25. The molecule has 258 valence electrons. The van der Waals surface area contributed by atoms with Gasteiger partial charge in [-0.25, -0.2) is 20.4 Å². The predicted octanol–water partition coefficient (Wildman–Crippen LogP) is 8.37. The third-order valence-electron chi connectivity index (χ3n) is 7.19. The number of halogens is 2. The lowest BCUT2D eigenvalue weighted by molar-refractivity contribution is -0.122. The van der Waals surface area contributed by atoms with Crippen molar-refractivity contribution in [3.05, 3.63) is 128 Å². The lowest BCUT2D eigenvalue weighted by Crippen LogP contribution is -2.17. The first-order valence-corrected chi connectivity index (χ1v) is 17.6. The Morgan fingerprint density at radius 1 is 0.540 bits per heavy atom. The van der Waals surface area contributed by atoms with E-state index in [0.29, 0.717) is 55.5 Å². The van der Waals surface area contributed by atoms with Gasteiger partial charge in [0.15, 0.2) is 0 Å². The normalized spacial score (nSPS) is 11.0. The molecule has 0 spiro atoms. The summed E-state index contributed by atoms with van der Waals surface area (Å²) in [6.45, 7) is 0. The topological polar surface area (TPSA) is 136 Å². The fourth-order valence-corrected chi connectivity index (χ4v) is 5.54. The van der Waals surface area contributed by atoms with Crippen molar-refractivity contribution in [3.8, 4) is 11.5 Å². The highest BCUT2D eigenvalue weighted by Gasteiger charge is 2.13. The molecule has 2 amide bonds. The summed E-state index contributed by atoms with van der Waals surface area (Å²) in [5, 5.41) is 8.03. The van der Waals surface area contributed by atoms with Crippen LogP contribution in [0.5, 0.6) is 11.5 Å². The zero-order valence-corrected chi connectivity index (χ0v) is 30.3. The van der Waals surface area contributed by atoms with E-state index in [9.17, 15) is 19.2 Å². The molecular weight excluding hydrogens is 768 g/mol. The van der Waals surface area contributed by atoms with Gasteiger partial charge in [-0.05, 0) is 104 Å². The van der Waals surface area contributed by atoms with Gasteiger partial charge in [0, 0.05) is 21.8 Å². The van der Waals surface area contributed by atoms with E-state index in [4.69, 9.17) is 9.47 Å². The van der Waals surface area contributed by atoms with Crippen molar-refractivity contribution < 1.29 is 28.7 Å². The van der Waals surface area contributed by atoms with Crippen molar-refractivity contribution in [2.24, 2.45) is 10.2 Å². The van der Waals surface area contributed by atoms with Crippen LogP contribution in [-0.4, -0.2) is 36.2 Å². The van der Waals surface area contributed by atoms with Gasteiger partial charge in [0.25, 0.3) is 0 Å². The molecule has 10 nitrogen and oxygen atoms in total. The Hall–Kier alpha value is -4.94. The third kappa shape index (κ3) is 13.2. The van der Waals surface area contributed by atoms with Crippen molar-refractivity contribution in [1.29, 1.82) is 0 Å². The molecule has 0 heterocycles. The van der Waals surface area contributed by atoms with Gasteiger partial charge in [0.1, 0.15) is 11.5 Å². The van der Waals surface area contributed by atoms with E-state index < -0.39 is 11.9 Å². The summed E-state index contributed by atoms with van der Waals surface area (Å²) in [6, 6.07) is 27.8. The number of unbranched alkanes of at least 4 members (excludes halogenated alkanes) is 5. The smallest absolute Gasteiger partial charge is 0.344 e. The monoisotopic (exact) mass is 802 g/mol. The quantitative estimate of drug-likeness (QED) is 0.0362. The number of hydrazone groups is 2. The van der Waals surface area contributed by atoms with E-state index in [0.717, 1.165) is 38.5 Å². The highest BCUT2D eigenvalue weighted by Crippen LogP contribution is 2.21. The molecule has 0 aliphatic heterocycles. The average molecular weight is 805 g/mol. The molecular formula is C38H36Br2N4O6. The minimum Gasteiger partial charge on any atom is -0.423 e. The summed E-state index contributed by atoms with van der Waals surface area (Å²) in [7, 11) is 0. The van der Waals surface area contributed by atoms with Gasteiger partial charge in [-0.3, -0.25) is 9.59 Å². The maximum absolute atomic E-state index is 12.4. The van der Waals surface area contributed by atoms with Crippen LogP contribution in [0.15, 0.2) is 116 Å². The minimum absolute atomic E-state index is 0.178. The van der Waals surface area contributed by atoms with Gasteiger partial charge in [0.05, 0.1) is 23.6 Å². The van der Waals surface area contributed by atoms with Crippen LogP contribution >= 0.6 is 31.9 Å². The van der Waals surface area contributed by atoms with Crippen LogP contribution in [0.25, 0.3) is 0 Å². The van der Waals surface area contributed by atoms with Gasteiger partial charge in [-0.2, -0.15) is 10.2 Å². The Morgan fingerprint density at radius 3 is 1.36 bits per heavy atom. The predicted molar refractivity (Wildman–Crippen MR) is 199 cm³/mol. The molecule has 0 aliphatic carbocycles. The Kier molecular flexibility index (Phi) is 15.6. The Labute approximate surface area is 307 Å². The van der Waals surface area contributed by atoms with Crippen molar-refractivity contribution in [2.45, 2.75) is 51.4 Å². The van der Waals surface area contributed by atoms with E-state index in [-0.39, 0.29) is 11.8 Å². The molecule has 4 aromatic carbocycles. The number of carbonyl (C=O) groups excluding carboxylic acids is 4. The maximum atomic E-state index is 12.4. The van der Waals surface area contributed by atoms with Gasteiger partial charge >= 0.3 is 11.9 Å². The van der Waals surface area contributed by atoms with Crippen molar-refractivity contribution in [1.82, 2.24) is 10.9 Å². The summed E-state index contributed by atoms with van der Waals surface area (Å²) in [4.78, 5) is 49.2. The highest BCUT2D eigenvalue weighted by molar-refractivity contribution is 9.10. The maximum Gasteiger partial charge on any atom is 0.344 e. The average Bonchev–Trinajstić information content (AvgIpc) is 3.10. The highest BCUT2D eigenvalue weighted by atomic mass is 79.9. The van der Waals surface area contributed by atoms with Gasteiger partial charge < -0.3 is 9.47 Å². The van der Waals surface area contributed by atoms with Crippen molar-refractivity contribution in [2.75, 3.05) is 0 Å². The molecule has 0 atom stereocenters. The minimum atomic E-state index is -0.480. The first-order valence-electron chi connectivity index (χ1n) is 16.1. The molecule has 50 heavy (non-hydrogen) atoms. The van der Waals surface area contributed by atoms with Gasteiger partial charge in [-0.15, -0.1) is 0 Å². The fourth-order valence-electron chi connectivity index (χ4n) is 4.64. The molecule has 4 aromatic rings. The molecule has 0 aromatic heterocycles. The van der Waals surface area contributed by atoms with Crippen LogP contribution in [0.2, 0.25) is 0 Å². The number of hydrogen-bond acceptors (Lipinski definition) is 8. The molecule has 0 fully saturated rings. The largest absolute Gasteiger partial charge is 0.423 e. The van der Waals surface area contributed by atoms with Crippen LogP contribution < -0.4 is 20.3 Å². The van der Waals surface area contributed by atoms with E-state index in [2.05, 4.69) is 52.9 Å². The van der Waals surface area contributed by atoms with Gasteiger partial charge in [-0.1, -0.05) is 74.2 Å². The second-order valence-electron chi connectivity index (χ2n) is 11.1. The molecule has 4 rings (SSSR count). The molecule has 0 saturated heterocycles. The second kappa shape index (κ2) is 20.5. The lowest BCUT2D eigenvalue weighted by atomic mass is 10.1. The van der Waals surface area contributed by atoms with Crippen molar-refractivity contribution >= 4 is 68.0 Å². The first-order chi connectivity index (χ1) is 24.3. The summed E-state index contributed by atoms with van der Waals surface area (Å²) in [5.74, 6) is -0.580. The molecule has 0 aliphatic rings. The molecule has 0 bridgehead atoms. The number of benzene rings is 4. The van der Waals surface area contributed by atoms with Gasteiger partial charge in [0.2, 0.25) is 11.8 Å². The number of nitrogens with one attached hydrogen (secondary N) is 2. The van der Waals surface area contributed by atoms with Crippen molar-refractivity contribution in [3.63, 3.8) is 0 Å². The SMILES string of the molecule is O=C(CCCCCCCCC(=O)NN=Cc1cccc(OC(=O)c2ccccc2Br)c1)NN=Cc1cccc(OC(=O)c2ccccc2Br)c1. The third-order valence-corrected chi connectivity index (χ3v) is 8.57. The van der Waals surface area contributed by atoms with E-state index in [1.165, 1.54) is 12.4 Å². The van der Waals surface area contributed by atoms with Crippen LogP contribution in [0.3, 0.4) is 0 Å². The van der Waals surface area contributed by atoms with Crippen LogP contribution in [0, 0.1) is 0 Å². The number of esters is 2. The number of ether oxygens (including phenoxy) is 2. The van der Waals surface area contributed by atoms with E-state index in [1.54, 1.807) is 84.9 Å². The lowest BCUT2D eigenvalue weighted by Gasteiger charge is -2.06. The number of nitrogens with zero attached hydrogens (tertiary/aromatic N) is 2. The number of amides is 2. The number of hydrogen-bond donors (Lipinski definition) is 2. The molecule has 2 N–H and O–H groups in total. The van der Waals surface area contributed by atoms with Crippen LogP contribution in [-0.2, 0) is 9.59 Å². The number of carbonyl (C=O) groups is 4. The summed E-state index contributed by atoms with van der Waals surface area (Å²) >= 11 is 6.70. The number of rotatable bonds is 17. The molecule has 0 saturated carbocycles.